The molecule has 4 aliphatic rings. The molecule has 6 nitrogen and oxygen atoms in total. The van der Waals surface area contributed by atoms with Gasteiger partial charge in [0.25, 0.3) is 0 Å². The number of amides is 1. The number of phenolic OH excluding ortho intramolecular Hbond substituents is 1. The number of nitrogens with two attached hydrogens (primary N) is 1. The average molecular weight is 386 g/mol. The van der Waals surface area contributed by atoms with Crippen molar-refractivity contribution in [3.63, 3.8) is 0 Å². The SMILES string of the molecule is NCCNC(=O)C1C[C@]23CCN(CC4CC4)[C@H](Cc4ccc(O)cc42)[C@]3(O)C1. The maximum Gasteiger partial charge on any atom is 0.223 e. The van der Waals surface area contributed by atoms with Crippen LogP contribution in [-0.4, -0.2) is 58.8 Å². The molecule has 0 spiro atoms. The van der Waals surface area contributed by atoms with Crippen LogP contribution in [0.2, 0.25) is 0 Å². The highest BCUT2D eigenvalue weighted by atomic mass is 16.3. The summed E-state index contributed by atoms with van der Waals surface area (Å²) in [6.07, 6.45) is 5.35. The number of benzene rings is 1. The van der Waals surface area contributed by atoms with Crippen molar-refractivity contribution >= 4 is 5.91 Å². The Bertz CT molecular complexity index is 795. The summed E-state index contributed by atoms with van der Waals surface area (Å²) in [5, 5.41) is 25.2. The summed E-state index contributed by atoms with van der Waals surface area (Å²) in [7, 11) is 0. The van der Waals surface area contributed by atoms with Crippen molar-refractivity contribution in [2.24, 2.45) is 17.6 Å². The third kappa shape index (κ3) is 2.61. The molecule has 2 bridgehead atoms. The number of carbonyl (C=O) groups is 1. The molecule has 0 radical (unpaired) electrons. The number of rotatable bonds is 5. The summed E-state index contributed by atoms with van der Waals surface area (Å²) in [4.78, 5) is 15.3. The van der Waals surface area contributed by atoms with E-state index < -0.39 is 11.0 Å². The molecule has 0 aromatic heterocycles. The summed E-state index contributed by atoms with van der Waals surface area (Å²) < 4.78 is 0. The molecule has 5 rings (SSSR count). The van der Waals surface area contributed by atoms with Crippen LogP contribution in [0, 0.1) is 11.8 Å². The van der Waals surface area contributed by atoms with Gasteiger partial charge in [-0.05, 0) is 74.2 Å². The molecule has 6 heteroatoms. The summed E-state index contributed by atoms with van der Waals surface area (Å²) in [5.41, 5.74) is 6.46. The van der Waals surface area contributed by atoms with Crippen molar-refractivity contribution in [1.29, 1.82) is 0 Å². The number of likely N-dealkylation sites (tertiary alicyclic amines) is 1. The number of hydrogen-bond acceptors (Lipinski definition) is 5. The fraction of sp³-hybridized carbons (Fsp3) is 0.682. The maximum atomic E-state index is 12.8. The summed E-state index contributed by atoms with van der Waals surface area (Å²) in [6.45, 7) is 2.90. The largest absolute Gasteiger partial charge is 0.508 e. The molecule has 1 saturated heterocycles. The molecule has 1 aromatic carbocycles. The first-order valence-corrected chi connectivity index (χ1v) is 10.7. The second-order valence-corrected chi connectivity index (χ2v) is 9.44. The fourth-order valence-electron chi connectivity index (χ4n) is 6.35. The first kappa shape index (κ1) is 18.4. The van der Waals surface area contributed by atoms with Gasteiger partial charge in [0.15, 0.2) is 0 Å². The van der Waals surface area contributed by atoms with Crippen LogP contribution in [0.4, 0.5) is 0 Å². The number of piperidine rings is 1. The zero-order valence-corrected chi connectivity index (χ0v) is 16.4. The van der Waals surface area contributed by atoms with E-state index in [0.29, 0.717) is 25.9 Å². The molecule has 1 heterocycles. The zero-order chi connectivity index (χ0) is 19.5. The van der Waals surface area contributed by atoms with E-state index in [0.717, 1.165) is 37.4 Å². The first-order chi connectivity index (χ1) is 13.5. The van der Waals surface area contributed by atoms with E-state index in [1.165, 1.54) is 18.4 Å². The minimum atomic E-state index is -0.925. The number of carbonyl (C=O) groups excluding carboxylic acids is 1. The quantitative estimate of drug-likeness (QED) is 0.603. The molecule has 5 N–H and O–H groups in total. The predicted octanol–water partition coefficient (Wildman–Crippen LogP) is 0.886. The van der Waals surface area contributed by atoms with Gasteiger partial charge in [-0.15, -0.1) is 0 Å². The number of aliphatic hydroxyl groups is 1. The van der Waals surface area contributed by atoms with E-state index in [1.807, 2.05) is 12.1 Å². The van der Waals surface area contributed by atoms with Crippen LogP contribution in [0.1, 0.15) is 43.2 Å². The van der Waals surface area contributed by atoms with Gasteiger partial charge in [-0.2, -0.15) is 0 Å². The number of nitrogens with one attached hydrogen (secondary N) is 1. The molecular weight excluding hydrogens is 354 g/mol. The smallest absolute Gasteiger partial charge is 0.223 e. The van der Waals surface area contributed by atoms with Crippen molar-refractivity contribution in [3.8, 4) is 5.75 Å². The van der Waals surface area contributed by atoms with Crippen LogP contribution in [0.15, 0.2) is 18.2 Å². The second-order valence-electron chi connectivity index (χ2n) is 9.44. The molecule has 1 unspecified atom stereocenters. The Morgan fingerprint density at radius 3 is 2.89 bits per heavy atom. The van der Waals surface area contributed by atoms with E-state index in [-0.39, 0.29) is 23.6 Å². The highest BCUT2D eigenvalue weighted by molar-refractivity contribution is 5.80. The minimum absolute atomic E-state index is 0.00347. The van der Waals surface area contributed by atoms with Crippen LogP contribution >= 0.6 is 0 Å². The summed E-state index contributed by atoms with van der Waals surface area (Å²) in [5.74, 6) is 0.796. The van der Waals surface area contributed by atoms with Gasteiger partial charge >= 0.3 is 0 Å². The average Bonchev–Trinajstić information content (AvgIpc) is 3.42. The lowest BCUT2D eigenvalue weighted by molar-refractivity contribution is -0.134. The molecule has 3 aliphatic carbocycles. The van der Waals surface area contributed by atoms with E-state index in [4.69, 9.17) is 5.73 Å². The van der Waals surface area contributed by atoms with E-state index in [1.54, 1.807) is 6.07 Å². The zero-order valence-electron chi connectivity index (χ0n) is 16.4. The van der Waals surface area contributed by atoms with Gasteiger partial charge in [0.05, 0.1) is 5.60 Å². The van der Waals surface area contributed by atoms with Gasteiger partial charge in [-0.3, -0.25) is 9.69 Å². The van der Waals surface area contributed by atoms with Crippen molar-refractivity contribution < 1.29 is 15.0 Å². The summed E-state index contributed by atoms with van der Waals surface area (Å²) >= 11 is 0. The molecule has 1 aliphatic heterocycles. The van der Waals surface area contributed by atoms with Crippen LogP contribution in [0.3, 0.4) is 0 Å². The van der Waals surface area contributed by atoms with Crippen LogP contribution in [-0.2, 0) is 16.6 Å². The summed E-state index contributed by atoms with van der Waals surface area (Å²) in [6, 6.07) is 5.65. The minimum Gasteiger partial charge on any atom is -0.508 e. The lowest BCUT2D eigenvalue weighted by Gasteiger charge is -2.59. The van der Waals surface area contributed by atoms with Gasteiger partial charge in [0.1, 0.15) is 5.75 Å². The van der Waals surface area contributed by atoms with Crippen LogP contribution < -0.4 is 11.1 Å². The molecule has 152 valence electrons. The van der Waals surface area contributed by atoms with Crippen molar-refractivity contribution in [2.75, 3.05) is 26.2 Å². The second kappa shape index (κ2) is 6.44. The Morgan fingerprint density at radius 2 is 2.14 bits per heavy atom. The molecule has 28 heavy (non-hydrogen) atoms. The number of hydrogen-bond donors (Lipinski definition) is 4. The van der Waals surface area contributed by atoms with Gasteiger partial charge in [0.2, 0.25) is 5.91 Å². The lowest BCUT2D eigenvalue weighted by atomic mass is 9.56. The van der Waals surface area contributed by atoms with E-state index in [9.17, 15) is 15.0 Å². The molecule has 3 fully saturated rings. The monoisotopic (exact) mass is 385 g/mol. The highest BCUT2D eigenvalue weighted by Crippen LogP contribution is 2.62. The van der Waals surface area contributed by atoms with Crippen molar-refractivity contribution in [2.45, 2.75) is 55.6 Å². The predicted molar refractivity (Wildman–Crippen MR) is 106 cm³/mol. The van der Waals surface area contributed by atoms with Gasteiger partial charge < -0.3 is 21.3 Å². The number of aromatic hydroxyl groups is 1. The number of phenols is 1. The standard InChI is InChI=1S/C22H31N3O3/c23-6-7-24-20(27)16-11-21-5-8-25(13-14-1-2-14)19(22(21,28)12-16)9-15-3-4-17(26)10-18(15)21/h3-4,10,14,16,19,26,28H,1-2,5-9,11-13,23H2,(H,24,27)/t16?,19-,21-,22-/m1/s1. The third-order valence-electron chi connectivity index (χ3n) is 7.83. The third-order valence-corrected chi connectivity index (χ3v) is 7.83. The van der Waals surface area contributed by atoms with Gasteiger partial charge in [-0.25, -0.2) is 0 Å². The fourth-order valence-corrected chi connectivity index (χ4v) is 6.35. The van der Waals surface area contributed by atoms with Crippen LogP contribution in [0.25, 0.3) is 0 Å². The molecule has 4 atom stereocenters. The highest BCUT2D eigenvalue weighted by Gasteiger charge is 2.68. The van der Waals surface area contributed by atoms with Crippen LogP contribution in [0.5, 0.6) is 5.75 Å². The number of fused-ring (bicyclic) bond motifs is 1. The lowest BCUT2D eigenvalue weighted by Crippen LogP contribution is -2.69. The molecule has 1 aromatic rings. The Morgan fingerprint density at radius 1 is 1.32 bits per heavy atom. The van der Waals surface area contributed by atoms with E-state index in [2.05, 4.69) is 10.2 Å². The van der Waals surface area contributed by atoms with E-state index >= 15 is 0 Å². The Labute approximate surface area is 166 Å². The Kier molecular flexibility index (Phi) is 4.23. The Hall–Kier alpha value is -1.63. The van der Waals surface area contributed by atoms with Crippen molar-refractivity contribution in [3.05, 3.63) is 29.3 Å². The van der Waals surface area contributed by atoms with Gasteiger partial charge in [0, 0.05) is 37.0 Å². The van der Waals surface area contributed by atoms with Gasteiger partial charge in [-0.1, -0.05) is 6.07 Å². The molecule has 1 amide bonds. The molecular formula is C22H31N3O3. The van der Waals surface area contributed by atoms with Crippen molar-refractivity contribution in [1.82, 2.24) is 10.2 Å². The number of nitrogens with zero attached hydrogens (tertiary/aromatic N) is 1. The molecule has 2 saturated carbocycles. The first-order valence-electron chi connectivity index (χ1n) is 10.7. The maximum absolute atomic E-state index is 12.8. The topological polar surface area (TPSA) is 98.8 Å². The normalized spacial score (nSPS) is 36.6. The Balaban J connectivity index is 1.55.